The van der Waals surface area contributed by atoms with Crippen molar-refractivity contribution in [3.05, 3.63) is 49.5 Å². The van der Waals surface area contributed by atoms with Gasteiger partial charge in [0.25, 0.3) is 0 Å². The van der Waals surface area contributed by atoms with Gasteiger partial charge in [-0.05, 0) is 45.6 Å². The number of rotatable bonds is 4. The first-order valence-corrected chi connectivity index (χ1v) is 8.91. The van der Waals surface area contributed by atoms with Crippen LogP contribution in [0.1, 0.15) is 4.88 Å². The summed E-state index contributed by atoms with van der Waals surface area (Å²) in [6.07, 6.45) is 0. The molecule has 0 saturated heterocycles. The smallest absolute Gasteiger partial charge is 0.207 e. The van der Waals surface area contributed by atoms with Gasteiger partial charge in [-0.15, -0.1) is 11.3 Å². The Morgan fingerprint density at radius 1 is 1.22 bits per heavy atom. The van der Waals surface area contributed by atoms with E-state index >= 15 is 0 Å². The number of benzene rings is 1. The van der Waals surface area contributed by atoms with Crippen LogP contribution in [-0.2, 0) is 16.6 Å². The number of nitrogens with one attached hydrogen (secondary N) is 1. The van der Waals surface area contributed by atoms with E-state index in [0.717, 1.165) is 9.35 Å². The molecule has 1 aromatic heterocycles. The van der Waals surface area contributed by atoms with Gasteiger partial charge in [0.05, 0.1) is 4.90 Å². The van der Waals surface area contributed by atoms with Crippen LogP contribution in [0.25, 0.3) is 0 Å². The molecule has 0 bridgehead atoms. The van der Waals surface area contributed by atoms with Crippen LogP contribution in [0.15, 0.2) is 49.6 Å². The maximum atomic E-state index is 12.1. The van der Waals surface area contributed by atoms with E-state index in [0.29, 0.717) is 11.0 Å². The molecule has 0 aliphatic rings. The van der Waals surface area contributed by atoms with Gasteiger partial charge in [-0.1, -0.05) is 22.0 Å². The second-order valence-corrected chi connectivity index (χ2v) is 8.02. The molecule has 0 spiro atoms. The highest BCUT2D eigenvalue weighted by Crippen LogP contribution is 2.25. The lowest BCUT2D eigenvalue weighted by atomic mass is 10.4. The fourth-order valence-electron chi connectivity index (χ4n) is 1.35. The summed E-state index contributed by atoms with van der Waals surface area (Å²) >= 11 is 8.06. The van der Waals surface area contributed by atoms with Crippen LogP contribution in [0.3, 0.4) is 0 Å². The largest absolute Gasteiger partial charge is 0.242 e. The molecule has 18 heavy (non-hydrogen) atoms. The highest BCUT2D eigenvalue weighted by molar-refractivity contribution is 9.11. The van der Waals surface area contributed by atoms with Gasteiger partial charge in [-0.3, -0.25) is 0 Å². The maximum absolute atomic E-state index is 12.1. The zero-order valence-corrected chi connectivity index (χ0v) is 13.9. The van der Waals surface area contributed by atoms with Crippen molar-refractivity contribution in [1.29, 1.82) is 0 Å². The van der Waals surface area contributed by atoms with E-state index in [4.69, 9.17) is 0 Å². The van der Waals surface area contributed by atoms with Gasteiger partial charge >= 0.3 is 0 Å². The molecule has 7 heteroatoms. The summed E-state index contributed by atoms with van der Waals surface area (Å²) in [5, 5.41) is 1.92. The summed E-state index contributed by atoms with van der Waals surface area (Å²) in [7, 11) is -3.49. The van der Waals surface area contributed by atoms with E-state index in [1.807, 2.05) is 17.5 Å². The fourth-order valence-corrected chi connectivity index (χ4v) is 4.84. The molecule has 96 valence electrons. The SMILES string of the molecule is O=S(=O)(NCc1cccs1)c1ccc(Br)cc1Br. The van der Waals surface area contributed by atoms with E-state index in [9.17, 15) is 8.42 Å². The minimum absolute atomic E-state index is 0.238. The lowest BCUT2D eigenvalue weighted by molar-refractivity contribution is 0.581. The Balaban J connectivity index is 2.20. The lowest BCUT2D eigenvalue weighted by Crippen LogP contribution is -2.23. The van der Waals surface area contributed by atoms with Crippen molar-refractivity contribution in [3.8, 4) is 0 Å². The Morgan fingerprint density at radius 3 is 2.61 bits per heavy atom. The molecule has 0 saturated carbocycles. The van der Waals surface area contributed by atoms with Crippen molar-refractivity contribution in [2.45, 2.75) is 11.4 Å². The lowest BCUT2D eigenvalue weighted by Gasteiger charge is -2.07. The van der Waals surface area contributed by atoms with Crippen LogP contribution in [0.5, 0.6) is 0 Å². The normalized spacial score (nSPS) is 11.7. The third-order valence-corrected chi connectivity index (χ3v) is 5.95. The third-order valence-electron chi connectivity index (χ3n) is 2.20. The van der Waals surface area contributed by atoms with Crippen LogP contribution in [0, 0.1) is 0 Å². The first-order valence-electron chi connectivity index (χ1n) is 4.96. The van der Waals surface area contributed by atoms with Crippen molar-refractivity contribution >= 4 is 53.2 Å². The molecule has 2 aromatic rings. The van der Waals surface area contributed by atoms with Gasteiger partial charge in [0, 0.05) is 20.4 Å². The summed E-state index contributed by atoms with van der Waals surface area (Å²) in [6, 6.07) is 8.75. The molecular weight excluding hydrogens is 402 g/mol. The molecule has 0 radical (unpaired) electrons. The second kappa shape index (κ2) is 5.83. The highest BCUT2D eigenvalue weighted by Gasteiger charge is 2.17. The Labute approximate surface area is 127 Å². The summed E-state index contributed by atoms with van der Waals surface area (Å²) in [5.41, 5.74) is 0. The zero-order valence-electron chi connectivity index (χ0n) is 9.06. The summed E-state index contributed by atoms with van der Waals surface area (Å²) in [5.74, 6) is 0. The van der Waals surface area contributed by atoms with E-state index in [1.165, 1.54) is 11.3 Å². The third kappa shape index (κ3) is 3.42. The Hall–Kier alpha value is -0.210. The topological polar surface area (TPSA) is 46.2 Å². The molecule has 0 aliphatic heterocycles. The number of thiophene rings is 1. The van der Waals surface area contributed by atoms with E-state index in [1.54, 1.807) is 18.2 Å². The molecule has 3 nitrogen and oxygen atoms in total. The summed E-state index contributed by atoms with van der Waals surface area (Å²) in [6.45, 7) is 0.308. The van der Waals surface area contributed by atoms with Crippen LogP contribution in [-0.4, -0.2) is 8.42 Å². The highest BCUT2D eigenvalue weighted by atomic mass is 79.9. The summed E-state index contributed by atoms with van der Waals surface area (Å²) < 4.78 is 28.2. The summed E-state index contributed by atoms with van der Waals surface area (Å²) in [4.78, 5) is 1.22. The van der Waals surface area contributed by atoms with Crippen molar-refractivity contribution in [2.75, 3.05) is 0 Å². The standard InChI is InChI=1S/C11H9Br2NO2S2/c12-8-3-4-11(10(13)6-8)18(15,16)14-7-9-2-1-5-17-9/h1-6,14H,7H2. The van der Waals surface area contributed by atoms with Gasteiger partial charge < -0.3 is 0 Å². The van der Waals surface area contributed by atoms with Crippen LogP contribution < -0.4 is 4.72 Å². The Kier molecular flexibility index (Phi) is 4.60. The molecule has 1 aromatic carbocycles. The van der Waals surface area contributed by atoms with Gasteiger partial charge in [0.2, 0.25) is 10.0 Å². The predicted octanol–water partition coefficient (Wildman–Crippen LogP) is 3.75. The molecular formula is C11H9Br2NO2S2. The number of halogens is 2. The van der Waals surface area contributed by atoms with Crippen molar-refractivity contribution in [2.24, 2.45) is 0 Å². The average Bonchev–Trinajstić information content (AvgIpc) is 2.78. The number of hydrogen-bond acceptors (Lipinski definition) is 3. The second-order valence-electron chi connectivity index (χ2n) is 3.48. The first kappa shape index (κ1) is 14.2. The monoisotopic (exact) mass is 409 g/mol. The number of sulfonamides is 1. The van der Waals surface area contributed by atoms with Crippen LogP contribution in [0.2, 0.25) is 0 Å². The predicted molar refractivity (Wildman–Crippen MR) is 80.2 cm³/mol. The van der Waals surface area contributed by atoms with E-state index in [2.05, 4.69) is 36.6 Å². The number of hydrogen-bond donors (Lipinski definition) is 1. The molecule has 0 atom stereocenters. The first-order chi connectivity index (χ1) is 8.49. The van der Waals surface area contributed by atoms with Gasteiger partial charge in [-0.25, -0.2) is 13.1 Å². The molecule has 0 fully saturated rings. The minimum atomic E-state index is -3.49. The van der Waals surface area contributed by atoms with E-state index < -0.39 is 10.0 Å². The van der Waals surface area contributed by atoms with Crippen LogP contribution in [0.4, 0.5) is 0 Å². The molecule has 2 rings (SSSR count). The average molecular weight is 411 g/mol. The minimum Gasteiger partial charge on any atom is -0.207 e. The zero-order chi connectivity index (χ0) is 13.2. The van der Waals surface area contributed by atoms with Crippen molar-refractivity contribution < 1.29 is 8.42 Å². The van der Waals surface area contributed by atoms with Crippen molar-refractivity contribution in [3.63, 3.8) is 0 Å². The van der Waals surface area contributed by atoms with Crippen molar-refractivity contribution in [1.82, 2.24) is 4.72 Å². The fraction of sp³-hybridized carbons (Fsp3) is 0.0909. The molecule has 0 unspecified atom stereocenters. The molecule has 1 heterocycles. The van der Waals surface area contributed by atoms with Crippen LogP contribution >= 0.6 is 43.2 Å². The van der Waals surface area contributed by atoms with Gasteiger partial charge in [0.15, 0.2) is 0 Å². The molecule has 0 aliphatic carbocycles. The maximum Gasteiger partial charge on any atom is 0.242 e. The van der Waals surface area contributed by atoms with Gasteiger partial charge in [-0.2, -0.15) is 0 Å². The molecule has 1 N–H and O–H groups in total. The quantitative estimate of drug-likeness (QED) is 0.834. The van der Waals surface area contributed by atoms with Gasteiger partial charge in [0.1, 0.15) is 0 Å². The Bertz CT molecular complexity index is 639. The Morgan fingerprint density at radius 2 is 2.00 bits per heavy atom. The molecule has 0 amide bonds. The van der Waals surface area contributed by atoms with E-state index in [-0.39, 0.29) is 4.90 Å².